The summed E-state index contributed by atoms with van der Waals surface area (Å²) in [5.41, 5.74) is 0. The number of ether oxygens (including phenoxy) is 1. The van der Waals surface area contributed by atoms with Crippen LogP contribution in [0, 0.1) is 0 Å². The first-order valence-electron chi connectivity index (χ1n) is 6.86. The Morgan fingerprint density at radius 3 is 2.53 bits per heavy atom. The van der Waals surface area contributed by atoms with Gasteiger partial charge in [0.25, 0.3) is 0 Å². The molecule has 0 saturated heterocycles. The first-order valence-corrected chi connectivity index (χ1v) is 7.23. The van der Waals surface area contributed by atoms with E-state index in [4.69, 9.17) is 16.3 Å². The number of hydrogen-bond acceptors (Lipinski definition) is 5. The second kappa shape index (κ2) is 8.15. The van der Waals surface area contributed by atoms with Crippen LogP contribution in [-0.2, 0) is 0 Å². The highest BCUT2D eigenvalue weighted by Crippen LogP contribution is 2.14. The Morgan fingerprint density at radius 2 is 1.89 bits per heavy atom. The van der Waals surface area contributed by atoms with Crippen LogP contribution in [0.5, 0.6) is 6.01 Å². The van der Waals surface area contributed by atoms with Crippen LogP contribution < -0.4 is 10.1 Å². The summed E-state index contributed by atoms with van der Waals surface area (Å²) in [5.74, 6) is 0.472. The number of aromatic nitrogens is 3. The number of unbranched alkanes of at least 4 members (excludes halogenated alkanes) is 2. The second-order valence-electron chi connectivity index (χ2n) is 4.92. The third-order valence-electron chi connectivity index (χ3n) is 2.54. The van der Waals surface area contributed by atoms with Gasteiger partial charge in [0.15, 0.2) is 0 Å². The topological polar surface area (TPSA) is 59.9 Å². The Hall–Kier alpha value is -1.10. The van der Waals surface area contributed by atoms with Crippen molar-refractivity contribution in [2.24, 2.45) is 0 Å². The Kier molecular flexibility index (Phi) is 6.84. The lowest BCUT2D eigenvalue weighted by Gasteiger charge is -2.14. The molecule has 1 N–H and O–H groups in total. The number of nitrogens with zero attached hydrogens (tertiary/aromatic N) is 3. The van der Waals surface area contributed by atoms with Gasteiger partial charge in [0.05, 0.1) is 6.10 Å². The van der Waals surface area contributed by atoms with Crippen molar-refractivity contribution in [3.05, 3.63) is 5.28 Å². The van der Waals surface area contributed by atoms with Gasteiger partial charge in [-0.05, 0) is 38.8 Å². The number of rotatable bonds is 8. The van der Waals surface area contributed by atoms with E-state index in [1.165, 1.54) is 19.3 Å². The summed E-state index contributed by atoms with van der Waals surface area (Å²) in [7, 11) is 0. The standard InChI is InChI=1S/C13H23ClN4O/c1-5-6-7-8-10(4)15-12-16-11(14)17-13(18-12)19-9(2)3/h9-10H,5-8H2,1-4H3,(H,15,16,17,18). The molecule has 0 aliphatic rings. The molecule has 19 heavy (non-hydrogen) atoms. The zero-order chi connectivity index (χ0) is 14.3. The molecule has 1 unspecified atom stereocenters. The molecule has 108 valence electrons. The Morgan fingerprint density at radius 1 is 1.16 bits per heavy atom. The quantitative estimate of drug-likeness (QED) is 0.739. The van der Waals surface area contributed by atoms with Crippen LogP contribution in [-0.4, -0.2) is 27.1 Å². The molecule has 0 radical (unpaired) electrons. The van der Waals surface area contributed by atoms with Crippen LogP contribution in [0.25, 0.3) is 0 Å². The molecule has 1 heterocycles. The van der Waals surface area contributed by atoms with E-state index in [0.717, 1.165) is 6.42 Å². The van der Waals surface area contributed by atoms with E-state index < -0.39 is 0 Å². The lowest BCUT2D eigenvalue weighted by Crippen LogP contribution is -2.18. The Balaban J connectivity index is 2.59. The maximum absolute atomic E-state index is 5.86. The van der Waals surface area contributed by atoms with Crippen LogP contribution in [0.4, 0.5) is 5.95 Å². The third kappa shape index (κ3) is 6.57. The lowest BCUT2D eigenvalue weighted by atomic mass is 10.1. The fraction of sp³-hybridized carbons (Fsp3) is 0.769. The molecule has 0 spiro atoms. The van der Waals surface area contributed by atoms with Gasteiger partial charge in [0.1, 0.15) is 0 Å². The van der Waals surface area contributed by atoms with E-state index in [9.17, 15) is 0 Å². The van der Waals surface area contributed by atoms with Crippen molar-refractivity contribution in [1.82, 2.24) is 15.0 Å². The van der Waals surface area contributed by atoms with E-state index >= 15 is 0 Å². The first-order chi connectivity index (χ1) is 9.01. The average molecular weight is 287 g/mol. The highest BCUT2D eigenvalue weighted by Gasteiger charge is 2.10. The van der Waals surface area contributed by atoms with E-state index in [1.54, 1.807) is 0 Å². The van der Waals surface area contributed by atoms with Gasteiger partial charge in [-0.2, -0.15) is 15.0 Å². The highest BCUT2D eigenvalue weighted by molar-refractivity contribution is 6.28. The normalized spacial score (nSPS) is 12.5. The SMILES string of the molecule is CCCCCC(C)Nc1nc(Cl)nc(OC(C)C)n1. The monoisotopic (exact) mass is 286 g/mol. The zero-order valence-corrected chi connectivity index (χ0v) is 12.9. The van der Waals surface area contributed by atoms with Gasteiger partial charge in [-0.15, -0.1) is 0 Å². The summed E-state index contributed by atoms with van der Waals surface area (Å²) in [6.07, 6.45) is 4.74. The zero-order valence-electron chi connectivity index (χ0n) is 12.1. The summed E-state index contributed by atoms with van der Waals surface area (Å²) in [5, 5.41) is 3.38. The number of nitrogens with one attached hydrogen (secondary N) is 1. The van der Waals surface area contributed by atoms with Crippen LogP contribution in [0.15, 0.2) is 0 Å². The maximum atomic E-state index is 5.86. The molecule has 1 atom stereocenters. The number of halogens is 1. The van der Waals surface area contributed by atoms with E-state index in [2.05, 4.69) is 34.1 Å². The van der Waals surface area contributed by atoms with E-state index in [-0.39, 0.29) is 17.4 Å². The third-order valence-corrected chi connectivity index (χ3v) is 2.71. The first kappa shape index (κ1) is 16.0. The van der Waals surface area contributed by atoms with E-state index in [0.29, 0.717) is 12.0 Å². The number of anilines is 1. The lowest BCUT2D eigenvalue weighted by molar-refractivity contribution is 0.222. The number of hydrogen-bond donors (Lipinski definition) is 1. The van der Waals surface area contributed by atoms with Crippen LogP contribution >= 0.6 is 11.6 Å². The molecular weight excluding hydrogens is 264 g/mol. The fourth-order valence-electron chi connectivity index (χ4n) is 1.65. The summed E-state index contributed by atoms with van der Waals surface area (Å²) in [4.78, 5) is 12.2. The fourth-order valence-corrected chi connectivity index (χ4v) is 1.81. The molecule has 6 heteroatoms. The predicted octanol–water partition coefficient (Wildman–Crippen LogP) is 3.69. The van der Waals surface area contributed by atoms with Crippen LogP contribution in [0.1, 0.15) is 53.4 Å². The predicted molar refractivity (Wildman–Crippen MR) is 77.8 cm³/mol. The van der Waals surface area contributed by atoms with Crippen molar-refractivity contribution in [3.8, 4) is 6.01 Å². The van der Waals surface area contributed by atoms with Crippen molar-refractivity contribution in [1.29, 1.82) is 0 Å². The molecule has 5 nitrogen and oxygen atoms in total. The van der Waals surface area contributed by atoms with Crippen molar-refractivity contribution in [2.45, 2.75) is 65.5 Å². The molecular formula is C13H23ClN4O. The minimum Gasteiger partial charge on any atom is -0.461 e. The van der Waals surface area contributed by atoms with Crippen molar-refractivity contribution < 1.29 is 4.74 Å². The van der Waals surface area contributed by atoms with Gasteiger partial charge in [0.2, 0.25) is 11.2 Å². The smallest absolute Gasteiger partial charge is 0.322 e. The van der Waals surface area contributed by atoms with Gasteiger partial charge in [-0.3, -0.25) is 0 Å². The average Bonchev–Trinajstić information content (AvgIpc) is 2.27. The maximum Gasteiger partial charge on any atom is 0.322 e. The molecule has 0 bridgehead atoms. The van der Waals surface area contributed by atoms with Crippen molar-refractivity contribution in [3.63, 3.8) is 0 Å². The molecule has 1 rings (SSSR count). The Bertz CT molecular complexity index is 387. The second-order valence-corrected chi connectivity index (χ2v) is 5.26. The summed E-state index contributed by atoms with van der Waals surface area (Å²) in [6, 6.07) is 0.565. The summed E-state index contributed by atoms with van der Waals surface area (Å²) < 4.78 is 5.43. The molecule has 0 saturated carbocycles. The van der Waals surface area contributed by atoms with Gasteiger partial charge in [-0.25, -0.2) is 0 Å². The Labute approximate surface area is 120 Å². The van der Waals surface area contributed by atoms with Crippen molar-refractivity contribution in [2.75, 3.05) is 5.32 Å². The minimum atomic E-state index is 0.00768. The van der Waals surface area contributed by atoms with E-state index in [1.807, 2.05) is 13.8 Å². The van der Waals surface area contributed by atoms with Gasteiger partial charge in [-0.1, -0.05) is 26.2 Å². The van der Waals surface area contributed by atoms with Crippen LogP contribution in [0.2, 0.25) is 5.28 Å². The molecule has 0 amide bonds. The molecule has 1 aromatic rings. The summed E-state index contributed by atoms with van der Waals surface area (Å²) in [6.45, 7) is 8.13. The minimum absolute atomic E-state index is 0.00768. The van der Waals surface area contributed by atoms with Gasteiger partial charge < -0.3 is 10.1 Å². The van der Waals surface area contributed by atoms with Gasteiger partial charge >= 0.3 is 6.01 Å². The highest BCUT2D eigenvalue weighted by atomic mass is 35.5. The largest absolute Gasteiger partial charge is 0.461 e. The molecule has 0 aromatic carbocycles. The van der Waals surface area contributed by atoms with Crippen LogP contribution in [0.3, 0.4) is 0 Å². The molecule has 0 fully saturated rings. The molecule has 0 aliphatic heterocycles. The summed E-state index contributed by atoms with van der Waals surface area (Å²) >= 11 is 5.86. The molecule has 1 aromatic heterocycles. The molecule has 0 aliphatic carbocycles. The van der Waals surface area contributed by atoms with Crippen molar-refractivity contribution >= 4 is 17.5 Å². The van der Waals surface area contributed by atoms with Gasteiger partial charge in [0, 0.05) is 6.04 Å².